The van der Waals surface area contributed by atoms with E-state index >= 15 is 0 Å². The van der Waals surface area contributed by atoms with Crippen molar-refractivity contribution in [3.05, 3.63) is 54.4 Å². The number of hydrogen-bond donors (Lipinski definition) is 1. The zero-order chi connectivity index (χ0) is 16.5. The standard InChI is InChI=1S/C15H10N6O2S/c22-14(23)10-4-9-2-1-3-18-13(9)21(7-10)15-19-12(20-24-15)11-5-16-8-17-6-11/h1-3,5-8H,4H2,(H,22,23). The molecule has 0 amide bonds. The third kappa shape index (κ3) is 2.50. The van der Waals surface area contributed by atoms with Crippen LogP contribution in [-0.4, -0.2) is 35.4 Å². The van der Waals surface area contributed by atoms with Crippen LogP contribution in [0.15, 0.2) is 48.8 Å². The number of carbonyl (C=O) groups is 1. The Morgan fingerprint density at radius 1 is 1.29 bits per heavy atom. The van der Waals surface area contributed by atoms with Gasteiger partial charge in [-0.25, -0.2) is 19.7 Å². The summed E-state index contributed by atoms with van der Waals surface area (Å²) in [7, 11) is 0. The zero-order valence-corrected chi connectivity index (χ0v) is 13.0. The second-order valence-electron chi connectivity index (χ2n) is 5.02. The first-order valence-electron chi connectivity index (χ1n) is 6.98. The molecule has 3 aromatic rings. The molecule has 1 aliphatic rings. The number of anilines is 2. The van der Waals surface area contributed by atoms with Crippen molar-refractivity contribution in [2.45, 2.75) is 6.42 Å². The predicted molar refractivity (Wildman–Crippen MR) is 86.7 cm³/mol. The molecule has 9 heteroatoms. The third-order valence-electron chi connectivity index (χ3n) is 3.48. The van der Waals surface area contributed by atoms with Crippen molar-refractivity contribution in [3.8, 4) is 11.4 Å². The van der Waals surface area contributed by atoms with E-state index in [-0.39, 0.29) is 5.57 Å². The Kier molecular flexibility index (Phi) is 3.47. The molecule has 0 aromatic carbocycles. The molecule has 8 nitrogen and oxygen atoms in total. The van der Waals surface area contributed by atoms with Gasteiger partial charge in [-0.05, 0) is 6.07 Å². The van der Waals surface area contributed by atoms with Crippen LogP contribution in [0.2, 0.25) is 0 Å². The van der Waals surface area contributed by atoms with E-state index in [0.717, 1.165) is 17.1 Å². The van der Waals surface area contributed by atoms with Crippen LogP contribution < -0.4 is 4.90 Å². The van der Waals surface area contributed by atoms with Crippen molar-refractivity contribution in [2.75, 3.05) is 4.90 Å². The predicted octanol–water partition coefficient (Wildman–Crippen LogP) is 2.05. The highest BCUT2D eigenvalue weighted by molar-refractivity contribution is 7.10. The van der Waals surface area contributed by atoms with E-state index in [0.29, 0.717) is 28.8 Å². The van der Waals surface area contributed by atoms with Gasteiger partial charge in [0.05, 0.1) is 11.1 Å². The molecule has 4 heterocycles. The van der Waals surface area contributed by atoms with E-state index in [9.17, 15) is 9.90 Å². The minimum atomic E-state index is -0.962. The summed E-state index contributed by atoms with van der Waals surface area (Å²) in [5, 5.41) is 9.88. The van der Waals surface area contributed by atoms with Crippen LogP contribution in [0.3, 0.4) is 0 Å². The molecular formula is C15H10N6O2S. The lowest BCUT2D eigenvalue weighted by Crippen LogP contribution is -2.21. The van der Waals surface area contributed by atoms with Crippen LogP contribution in [0.5, 0.6) is 0 Å². The van der Waals surface area contributed by atoms with Gasteiger partial charge in [0, 0.05) is 48.3 Å². The zero-order valence-electron chi connectivity index (χ0n) is 12.2. The van der Waals surface area contributed by atoms with Gasteiger partial charge in [-0.15, -0.1) is 0 Å². The lowest BCUT2D eigenvalue weighted by molar-refractivity contribution is -0.132. The van der Waals surface area contributed by atoms with Gasteiger partial charge in [-0.2, -0.15) is 9.36 Å². The lowest BCUT2D eigenvalue weighted by atomic mass is 10.0. The summed E-state index contributed by atoms with van der Waals surface area (Å²) in [5.74, 6) is 0.189. The van der Waals surface area contributed by atoms with Crippen molar-refractivity contribution in [3.63, 3.8) is 0 Å². The van der Waals surface area contributed by atoms with Crippen LogP contribution in [0.25, 0.3) is 11.4 Å². The Hall–Kier alpha value is -3.20. The van der Waals surface area contributed by atoms with Crippen molar-refractivity contribution >= 4 is 28.5 Å². The van der Waals surface area contributed by atoms with Gasteiger partial charge < -0.3 is 5.11 Å². The largest absolute Gasteiger partial charge is 0.478 e. The molecule has 118 valence electrons. The van der Waals surface area contributed by atoms with E-state index in [1.807, 2.05) is 6.07 Å². The highest BCUT2D eigenvalue weighted by Gasteiger charge is 2.25. The van der Waals surface area contributed by atoms with Gasteiger partial charge in [-0.1, -0.05) is 6.07 Å². The third-order valence-corrected chi connectivity index (χ3v) is 4.19. The van der Waals surface area contributed by atoms with Crippen LogP contribution in [0, 0.1) is 0 Å². The summed E-state index contributed by atoms with van der Waals surface area (Å²) in [6.07, 6.45) is 8.22. The molecule has 0 atom stereocenters. The lowest BCUT2D eigenvalue weighted by Gasteiger charge is -2.24. The van der Waals surface area contributed by atoms with Crippen LogP contribution >= 0.6 is 11.5 Å². The molecule has 3 aromatic heterocycles. The molecule has 0 aliphatic carbocycles. The Balaban J connectivity index is 1.78. The van der Waals surface area contributed by atoms with Crippen molar-refractivity contribution in [2.24, 2.45) is 0 Å². The van der Waals surface area contributed by atoms with E-state index in [1.165, 1.54) is 6.33 Å². The smallest absolute Gasteiger partial charge is 0.333 e. The second-order valence-corrected chi connectivity index (χ2v) is 5.75. The summed E-state index contributed by atoms with van der Waals surface area (Å²) in [5.41, 5.74) is 1.80. The maximum absolute atomic E-state index is 11.4. The number of aromatic nitrogens is 5. The Bertz CT molecular complexity index is 940. The summed E-state index contributed by atoms with van der Waals surface area (Å²) >= 11 is 1.16. The molecule has 0 fully saturated rings. The molecule has 4 rings (SSSR count). The minimum Gasteiger partial charge on any atom is -0.478 e. The molecule has 1 N–H and O–H groups in total. The topological polar surface area (TPSA) is 105 Å². The van der Waals surface area contributed by atoms with Crippen molar-refractivity contribution in [1.29, 1.82) is 0 Å². The van der Waals surface area contributed by atoms with Crippen molar-refractivity contribution in [1.82, 2.24) is 24.3 Å². The summed E-state index contributed by atoms with van der Waals surface area (Å²) in [4.78, 5) is 29.8. The van der Waals surface area contributed by atoms with Crippen LogP contribution in [-0.2, 0) is 11.2 Å². The maximum atomic E-state index is 11.4. The number of carboxylic acid groups (broad SMARTS) is 1. The average molecular weight is 338 g/mol. The molecule has 0 spiro atoms. The molecule has 0 unspecified atom stereocenters. The monoisotopic (exact) mass is 338 g/mol. The summed E-state index contributed by atoms with van der Waals surface area (Å²) < 4.78 is 4.31. The van der Waals surface area contributed by atoms with E-state index in [2.05, 4.69) is 24.3 Å². The SMILES string of the molecule is O=C(O)C1=CN(c2nc(-c3cncnc3)ns2)c2ncccc2C1. The first kappa shape index (κ1) is 14.4. The van der Waals surface area contributed by atoms with Crippen molar-refractivity contribution < 1.29 is 9.90 Å². The summed E-state index contributed by atoms with van der Waals surface area (Å²) in [6, 6.07) is 3.65. The minimum absolute atomic E-state index is 0.273. The normalized spacial score (nSPS) is 13.3. The number of fused-ring (bicyclic) bond motifs is 1. The molecule has 24 heavy (non-hydrogen) atoms. The Labute approximate surface area is 140 Å². The molecule has 1 aliphatic heterocycles. The van der Waals surface area contributed by atoms with Gasteiger partial charge in [0.25, 0.3) is 0 Å². The number of nitrogens with zero attached hydrogens (tertiary/aromatic N) is 6. The van der Waals surface area contributed by atoms with Gasteiger partial charge >= 0.3 is 5.97 Å². The molecule has 0 bridgehead atoms. The van der Waals surface area contributed by atoms with E-state index in [1.54, 1.807) is 35.8 Å². The highest BCUT2D eigenvalue weighted by Crippen LogP contribution is 2.35. The fraction of sp³-hybridized carbons (Fsp3) is 0.0667. The second kappa shape index (κ2) is 5.78. The number of rotatable bonds is 3. The highest BCUT2D eigenvalue weighted by atomic mass is 32.1. The van der Waals surface area contributed by atoms with Crippen LogP contribution in [0.1, 0.15) is 5.56 Å². The van der Waals surface area contributed by atoms with E-state index in [4.69, 9.17) is 0 Å². The fourth-order valence-corrected chi connectivity index (χ4v) is 3.04. The Morgan fingerprint density at radius 2 is 2.12 bits per heavy atom. The first-order chi connectivity index (χ1) is 11.7. The van der Waals surface area contributed by atoms with E-state index < -0.39 is 5.97 Å². The number of aliphatic carboxylic acids is 1. The average Bonchev–Trinajstić information content (AvgIpc) is 3.11. The molecule has 0 radical (unpaired) electrons. The van der Waals surface area contributed by atoms with Gasteiger partial charge in [-0.3, -0.25) is 4.90 Å². The number of carboxylic acids is 1. The van der Waals surface area contributed by atoms with Gasteiger partial charge in [0.15, 0.2) is 5.82 Å². The first-order valence-corrected chi connectivity index (χ1v) is 7.76. The van der Waals surface area contributed by atoms with Crippen LogP contribution in [0.4, 0.5) is 10.9 Å². The number of hydrogen-bond acceptors (Lipinski definition) is 8. The fourth-order valence-electron chi connectivity index (χ4n) is 2.37. The van der Waals surface area contributed by atoms with Gasteiger partial charge in [0.1, 0.15) is 12.1 Å². The summed E-state index contributed by atoms with van der Waals surface area (Å²) in [6.45, 7) is 0. The molecular weight excluding hydrogens is 328 g/mol. The molecule has 0 saturated heterocycles. The molecule has 0 saturated carbocycles. The van der Waals surface area contributed by atoms with Gasteiger partial charge in [0.2, 0.25) is 5.13 Å². The quantitative estimate of drug-likeness (QED) is 0.773. The Morgan fingerprint density at radius 3 is 2.92 bits per heavy atom. The number of pyridine rings is 1. The maximum Gasteiger partial charge on any atom is 0.333 e.